The molecule has 2 N–H and O–H groups in total. The van der Waals surface area contributed by atoms with Gasteiger partial charge < -0.3 is 10.6 Å². The Morgan fingerprint density at radius 3 is 2.22 bits per heavy atom. The predicted molar refractivity (Wildman–Crippen MR) is 84.2 cm³/mol. The number of amides is 1. The molecule has 6 heteroatoms. The maximum absolute atomic E-state index is 12.5. The highest BCUT2D eigenvalue weighted by Crippen LogP contribution is 2.29. The molecule has 1 amide bonds. The lowest BCUT2D eigenvalue weighted by molar-refractivity contribution is -0.137. The Labute approximate surface area is 134 Å². The quantitative estimate of drug-likeness (QED) is 0.789. The topological polar surface area (TPSA) is 41.1 Å². The van der Waals surface area contributed by atoms with Gasteiger partial charge in [-0.3, -0.25) is 4.79 Å². The second kappa shape index (κ2) is 8.34. The summed E-state index contributed by atoms with van der Waals surface area (Å²) in [6.07, 6.45) is 3.30. The molecule has 1 aliphatic carbocycles. The minimum Gasteiger partial charge on any atom is -0.326 e. The zero-order valence-corrected chi connectivity index (χ0v) is 13.1. The molecule has 0 aromatic heterocycles. The summed E-state index contributed by atoms with van der Waals surface area (Å²) < 4.78 is 37.4. The van der Waals surface area contributed by atoms with Gasteiger partial charge in [0.1, 0.15) is 0 Å². The van der Waals surface area contributed by atoms with E-state index in [1.165, 1.54) is 37.8 Å². The van der Waals surface area contributed by atoms with Crippen LogP contribution in [-0.2, 0) is 11.0 Å². The van der Waals surface area contributed by atoms with E-state index >= 15 is 0 Å². The van der Waals surface area contributed by atoms with Gasteiger partial charge in [-0.05, 0) is 37.1 Å². The van der Waals surface area contributed by atoms with Gasteiger partial charge >= 0.3 is 6.18 Å². The van der Waals surface area contributed by atoms with Crippen molar-refractivity contribution in [1.82, 2.24) is 5.32 Å². The Morgan fingerprint density at radius 2 is 1.65 bits per heavy atom. The van der Waals surface area contributed by atoms with Crippen LogP contribution in [0.5, 0.6) is 0 Å². The summed E-state index contributed by atoms with van der Waals surface area (Å²) >= 11 is 0. The van der Waals surface area contributed by atoms with E-state index < -0.39 is 11.7 Å². The second-order valence-electron chi connectivity index (χ2n) is 6.02. The molecule has 0 heterocycles. The maximum atomic E-state index is 12.5. The van der Waals surface area contributed by atoms with Crippen LogP contribution >= 0.6 is 0 Å². The summed E-state index contributed by atoms with van der Waals surface area (Å²) in [5.74, 6) is -0.189. The number of nitrogens with one attached hydrogen (secondary N) is 2. The summed E-state index contributed by atoms with van der Waals surface area (Å²) in [4.78, 5) is 11.8. The van der Waals surface area contributed by atoms with Crippen LogP contribution in [0.4, 0.5) is 18.9 Å². The zero-order valence-electron chi connectivity index (χ0n) is 13.1. The minimum atomic E-state index is -4.36. The highest BCUT2D eigenvalue weighted by Gasteiger charge is 2.29. The molecule has 1 aromatic carbocycles. The molecule has 0 unspecified atom stereocenters. The monoisotopic (exact) mass is 328 g/mol. The molecular formula is C17H23F3N2O. The lowest BCUT2D eigenvalue weighted by atomic mass is 10.1. The van der Waals surface area contributed by atoms with Gasteiger partial charge in [-0.25, -0.2) is 0 Å². The van der Waals surface area contributed by atoms with E-state index in [1.54, 1.807) is 0 Å². The van der Waals surface area contributed by atoms with Gasteiger partial charge in [-0.15, -0.1) is 0 Å². The molecule has 1 aliphatic rings. The van der Waals surface area contributed by atoms with Crippen LogP contribution in [-0.4, -0.2) is 18.5 Å². The Kier molecular flexibility index (Phi) is 6.45. The molecule has 1 saturated carbocycles. The van der Waals surface area contributed by atoms with Crippen LogP contribution < -0.4 is 10.6 Å². The fourth-order valence-electron chi connectivity index (χ4n) is 2.84. The first-order valence-corrected chi connectivity index (χ1v) is 8.15. The molecular weight excluding hydrogens is 305 g/mol. The van der Waals surface area contributed by atoms with Crippen molar-refractivity contribution < 1.29 is 18.0 Å². The van der Waals surface area contributed by atoms with Crippen molar-refractivity contribution in [3.05, 3.63) is 29.8 Å². The molecule has 128 valence electrons. The van der Waals surface area contributed by atoms with Crippen molar-refractivity contribution in [2.45, 2.75) is 57.2 Å². The van der Waals surface area contributed by atoms with Crippen molar-refractivity contribution in [3.8, 4) is 0 Å². The first-order chi connectivity index (χ1) is 10.9. The smallest absolute Gasteiger partial charge is 0.326 e. The van der Waals surface area contributed by atoms with Crippen molar-refractivity contribution in [3.63, 3.8) is 0 Å². The summed E-state index contributed by atoms with van der Waals surface area (Å²) in [5, 5.41) is 6.02. The van der Waals surface area contributed by atoms with Crippen LogP contribution in [0, 0.1) is 0 Å². The fourth-order valence-corrected chi connectivity index (χ4v) is 2.84. The summed E-state index contributed by atoms with van der Waals surface area (Å²) in [6.45, 7) is 0.594. The van der Waals surface area contributed by atoms with E-state index in [-0.39, 0.29) is 5.91 Å². The number of halogens is 3. The standard InChI is InChI=1S/C17H23F3N2O/c18-17(19,20)13-7-9-15(10-8-13)22-16(23)11-12-21-14-5-3-1-2-4-6-14/h7-10,14,21H,1-6,11-12H2,(H,22,23). The van der Waals surface area contributed by atoms with E-state index in [4.69, 9.17) is 0 Å². The lowest BCUT2D eigenvalue weighted by Crippen LogP contribution is -2.31. The molecule has 0 aliphatic heterocycles. The fraction of sp³-hybridized carbons (Fsp3) is 0.588. The highest BCUT2D eigenvalue weighted by atomic mass is 19.4. The zero-order chi connectivity index (χ0) is 16.7. The van der Waals surface area contributed by atoms with Crippen molar-refractivity contribution >= 4 is 11.6 Å². The van der Waals surface area contributed by atoms with Crippen molar-refractivity contribution in [1.29, 1.82) is 0 Å². The normalized spacial score (nSPS) is 16.8. The van der Waals surface area contributed by atoms with E-state index in [2.05, 4.69) is 10.6 Å². The van der Waals surface area contributed by atoms with Gasteiger partial charge in [-0.2, -0.15) is 13.2 Å². The van der Waals surface area contributed by atoms with Crippen LogP contribution in [0.2, 0.25) is 0 Å². The number of anilines is 1. The van der Waals surface area contributed by atoms with Gasteiger partial charge in [0.25, 0.3) is 0 Å². The van der Waals surface area contributed by atoms with Crippen LogP contribution in [0.25, 0.3) is 0 Å². The predicted octanol–water partition coefficient (Wildman–Crippen LogP) is 4.35. The highest BCUT2D eigenvalue weighted by molar-refractivity contribution is 5.90. The molecule has 0 spiro atoms. The molecule has 0 atom stereocenters. The largest absolute Gasteiger partial charge is 0.416 e. The van der Waals surface area contributed by atoms with Crippen LogP contribution in [0.1, 0.15) is 50.5 Å². The molecule has 0 bridgehead atoms. The Hall–Kier alpha value is -1.56. The number of carbonyl (C=O) groups is 1. The molecule has 0 saturated heterocycles. The third-order valence-electron chi connectivity index (χ3n) is 4.14. The number of carbonyl (C=O) groups excluding carboxylic acids is 1. The number of rotatable bonds is 5. The van der Waals surface area contributed by atoms with E-state index in [9.17, 15) is 18.0 Å². The average Bonchev–Trinajstić information content (AvgIpc) is 2.75. The summed E-state index contributed by atoms with van der Waals surface area (Å²) in [5.41, 5.74) is -0.331. The van der Waals surface area contributed by atoms with Gasteiger partial charge in [0.2, 0.25) is 5.91 Å². The van der Waals surface area contributed by atoms with Crippen LogP contribution in [0.3, 0.4) is 0 Å². The third-order valence-corrected chi connectivity index (χ3v) is 4.14. The van der Waals surface area contributed by atoms with Crippen molar-refractivity contribution in [2.75, 3.05) is 11.9 Å². The van der Waals surface area contributed by atoms with E-state index in [0.29, 0.717) is 24.7 Å². The van der Waals surface area contributed by atoms with E-state index in [1.807, 2.05) is 0 Å². The van der Waals surface area contributed by atoms with Gasteiger partial charge in [0.15, 0.2) is 0 Å². The molecule has 1 aromatic rings. The molecule has 3 nitrogen and oxygen atoms in total. The lowest BCUT2D eigenvalue weighted by Gasteiger charge is -2.16. The van der Waals surface area contributed by atoms with E-state index in [0.717, 1.165) is 25.0 Å². The third kappa shape index (κ3) is 6.22. The number of hydrogen-bond donors (Lipinski definition) is 2. The van der Waals surface area contributed by atoms with Gasteiger partial charge in [0, 0.05) is 24.7 Å². The maximum Gasteiger partial charge on any atom is 0.416 e. The Morgan fingerprint density at radius 1 is 1.04 bits per heavy atom. The van der Waals surface area contributed by atoms with Gasteiger partial charge in [0.05, 0.1) is 5.56 Å². The number of benzene rings is 1. The van der Waals surface area contributed by atoms with Crippen molar-refractivity contribution in [2.24, 2.45) is 0 Å². The second-order valence-corrected chi connectivity index (χ2v) is 6.02. The number of hydrogen-bond acceptors (Lipinski definition) is 2. The SMILES string of the molecule is O=C(CCNC1CCCCCC1)Nc1ccc(C(F)(F)F)cc1. The summed E-state index contributed by atoms with van der Waals surface area (Å²) in [7, 11) is 0. The Bertz CT molecular complexity index is 492. The molecule has 2 rings (SSSR count). The first kappa shape index (κ1) is 17.8. The number of alkyl halides is 3. The Balaban J connectivity index is 1.72. The van der Waals surface area contributed by atoms with Gasteiger partial charge in [-0.1, -0.05) is 25.7 Å². The average molecular weight is 328 g/mol. The molecule has 23 heavy (non-hydrogen) atoms. The molecule has 0 radical (unpaired) electrons. The first-order valence-electron chi connectivity index (χ1n) is 8.15. The van der Waals surface area contributed by atoms with Crippen LogP contribution in [0.15, 0.2) is 24.3 Å². The summed E-state index contributed by atoms with van der Waals surface area (Å²) in [6, 6.07) is 4.98. The minimum absolute atomic E-state index is 0.189. The molecule has 1 fully saturated rings.